The Labute approximate surface area is 120 Å². The van der Waals surface area contributed by atoms with Crippen molar-refractivity contribution < 1.29 is 4.79 Å². The third-order valence-corrected chi connectivity index (χ3v) is 2.91. The Kier molecular flexibility index (Phi) is 3.91. The van der Waals surface area contributed by atoms with Gasteiger partial charge < -0.3 is 11.1 Å². The SMILES string of the molecule is CCn1cc(N)c(C(=O)Nc2cc(Cl)ccc2C#N)n1. The molecule has 0 atom stereocenters. The fraction of sp³-hybridized carbons (Fsp3) is 0.154. The van der Waals surface area contributed by atoms with Crippen LogP contribution in [0.25, 0.3) is 0 Å². The molecule has 0 aliphatic rings. The number of aromatic nitrogens is 2. The zero-order chi connectivity index (χ0) is 14.7. The highest BCUT2D eigenvalue weighted by Gasteiger charge is 2.16. The molecule has 0 saturated carbocycles. The molecule has 1 amide bonds. The van der Waals surface area contributed by atoms with E-state index in [0.717, 1.165) is 0 Å². The Hall–Kier alpha value is -2.52. The molecule has 1 aromatic heterocycles. The highest BCUT2D eigenvalue weighted by atomic mass is 35.5. The van der Waals surface area contributed by atoms with Gasteiger partial charge >= 0.3 is 0 Å². The number of nitrogens with two attached hydrogens (primary N) is 1. The minimum Gasteiger partial charge on any atom is -0.396 e. The second kappa shape index (κ2) is 5.63. The average molecular weight is 290 g/mol. The van der Waals surface area contributed by atoms with E-state index >= 15 is 0 Å². The van der Waals surface area contributed by atoms with Crippen molar-refractivity contribution >= 4 is 28.9 Å². The number of nitrogen functional groups attached to an aromatic ring is 1. The van der Waals surface area contributed by atoms with Crippen molar-refractivity contribution in [3.8, 4) is 6.07 Å². The van der Waals surface area contributed by atoms with E-state index in [1.54, 1.807) is 16.9 Å². The summed E-state index contributed by atoms with van der Waals surface area (Å²) in [6, 6.07) is 6.60. The number of nitrogens with zero attached hydrogens (tertiary/aromatic N) is 3. The molecule has 1 aromatic carbocycles. The quantitative estimate of drug-likeness (QED) is 0.905. The van der Waals surface area contributed by atoms with Gasteiger partial charge in [0.2, 0.25) is 0 Å². The van der Waals surface area contributed by atoms with Crippen LogP contribution >= 0.6 is 11.6 Å². The smallest absolute Gasteiger partial charge is 0.278 e. The number of anilines is 2. The van der Waals surface area contributed by atoms with Crippen molar-refractivity contribution in [1.29, 1.82) is 5.26 Å². The second-order valence-corrected chi connectivity index (χ2v) is 4.48. The lowest BCUT2D eigenvalue weighted by molar-refractivity contribution is 0.102. The van der Waals surface area contributed by atoms with Crippen LogP contribution < -0.4 is 11.1 Å². The number of carbonyl (C=O) groups excluding carboxylic acids is 1. The molecule has 0 spiro atoms. The zero-order valence-electron chi connectivity index (χ0n) is 10.7. The Morgan fingerprint density at radius 1 is 1.60 bits per heavy atom. The fourth-order valence-electron chi connectivity index (χ4n) is 1.67. The number of aryl methyl sites for hydroxylation is 1. The third-order valence-electron chi connectivity index (χ3n) is 2.68. The van der Waals surface area contributed by atoms with E-state index < -0.39 is 5.91 Å². The molecule has 0 bridgehead atoms. The summed E-state index contributed by atoms with van der Waals surface area (Å²) in [6.45, 7) is 2.50. The first-order valence-electron chi connectivity index (χ1n) is 5.89. The van der Waals surface area contributed by atoms with Gasteiger partial charge in [-0.05, 0) is 25.1 Å². The highest BCUT2D eigenvalue weighted by molar-refractivity contribution is 6.31. The van der Waals surface area contributed by atoms with E-state index in [9.17, 15) is 4.79 Å². The molecular formula is C13H12ClN5O. The summed E-state index contributed by atoms with van der Waals surface area (Å²) in [7, 11) is 0. The summed E-state index contributed by atoms with van der Waals surface area (Å²) in [6.07, 6.45) is 1.58. The molecule has 0 unspecified atom stereocenters. The van der Waals surface area contributed by atoms with Gasteiger partial charge in [-0.15, -0.1) is 0 Å². The maximum atomic E-state index is 12.1. The normalized spacial score (nSPS) is 10.1. The number of amides is 1. The van der Waals surface area contributed by atoms with Crippen LogP contribution in [0, 0.1) is 11.3 Å². The van der Waals surface area contributed by atoms with Gasteiger partial charge in [-0.2, -0.15) is 10.4 Å². The molecule has 6 nitrogen and oxygen atoms in total. The van der Waals surface area contributed by atoms with Crippen molar-refractivity contribution in [2.24, 2.45) is 0 Å². The van der Waals surface area contributed by atoms with Gasteiger partial charge in [0.15, 0.2) is 5.69 Å². The lowest BCUT2D eigenvalue weighted by atomic mass is 10.2. The van der Waals surface area contributed by atoms with Crippen molar-refractivity contribution in [3.05, 3.63) is 40.7 Å². The van der Waals surface area contributed by atoms with Crippen molar-refractivity contribution in [2.45, 2.75) is 13.5 Å². The van der Waals surface area contributed by atoms with Gasteiger partial charge in [0.25, 0.3) is 5.91 Å². The molecular weight excluding hydrogens is 278 g/mol. The predicted octanol–water partition coefficient (Wildman–Crippen LogP) is 2.26. The maximum absolute atomic E-state index is 12.1. The van der Waals surface area contributed by atoms with E-state index in [0.29, 0.717) is 22.8 Å². The van der Waals surface area contributed by atoms with Gasteiger partial charge in [0.1, 0.15) is 6.07 Å². The molecule has 0 fully saturated rings. The van der Waals surface area contributed by atoms with Crippen LogP contribution in [0.3, 0.4) is 0 Å². The first-order valence-corrected chi connectivity index (χ1v) is 6.27. The van der Waals surface area contributed by atoms with Crippen LogP contribution in [0.5, 0.6) is 0 Å². The van der Waals surface area contributed by atoms with Gasteiger partial charge in [0, 0.05) is 17.8 Å². The van der Waals surface area contributed by atoms with Crippen LogP contribution in [0.1, 0.15) is 23.0 Å². The number of halogens is 1. The molecule has 102 valence electrons. The van der Waals surface area contributed by atoms with Crippen molar-refractivity contribution in [2.75, 3.05) is 11.1 Å². The predicted molar refractivity (Wildman–Crippen MR) is 76.4 cm³/mol. The van der Waals surface area contributed by atoms with Crippen molar-refractivity contribution in [1.82, 2.24) is 9.78 Å². The number of hydrogen-bond acceptors (Lipinski definition) is 4. The molecule has 1 heterocycles. The van der Waals surface area contributed by atoms with Gasteiger partial charge in [0.05, 0.1) is 16.9 Å². The Bertz CT molecular complexity index is 701. The molecule has 0 aliphatic carbocycles. The topological polar surface area (TPSA) is 96.7 Å². The number of rotatable bonds is 3. The van der Waals surface area contributed by atoms with E-state index in [2.05, 4.69) is 10.4 Å². The molecule has 0 saturated heterocycles. The molecule has 20 heavy (non-hydrogen) atoms. The first kappa shape index (κ1) is 13.9. The Morgan fingerprint density at radius 3 is 2.95 bits per heavy atom. The van der Waals surface area contributed by atoms with E-state index in [1.165, 1.54) is 12.1 Å². The Morgan fingerprint density at radius 2 is 2.35 bits per heavy atom. The number of hydrogen-bond donors (Lipinski definition) is 2. The van der Waals surface area contributed by atoms with E-state index in [1.807, 2.05) is 13.0 Å². The van der Waals surface area contributed by atoms with E-state index in [4.69, 9.17) is 22.6 Å². The lowest BCUT2D eigenvalue weighted by Crippen LogP contribution is -2.15. The highest BCUT2D eigenvalue weighted by Crippen LogP contribution is 2.21. The summed E-state index contributed by atoms with van der Waals surface area (Å²) in [5, 5.41) is 16.1. The van der Waals surface area contributed by atoms with Crippen LogP contribution in [0.2, 0.25) is 5.02 Å². The lowest BCUT2D eigenvalue weighted by Gasteiger charge is -2.06. The molecule has 7 heteroatoms. The van der Waals surface area contributed by atoms with E-state index in [-0.39, 0.29) is 11.4 Å². The molecule has 0 aliphatic heterocycles. The number of benzene rings is 1. The van der Waals surface area contributed by atoms with Crippen molar-refractivity contribution in [3.63, 3.8) is 0 Å². The summed E-state index contributed by atoms with van der Waals surface area (Å²) >= 11 is 5.86. The number of nitriles is 1. The standard InChI is InChI=1S/C13H12ClN5O/c1-2-19-7-10(16)12(18-19)13(20)17-11-5-9(14)4-3-8(11)6-15/h3-5,7H,2,16H2,1H3,(H,17,20). The molecule has 2 aromatic rings. The zero-order valence-corrected chi connectivity index (χ0v) is 11.5. The monoisotopic (exact) mass is 289 g/mol. The largest absolute Gasteiger partial charge is 0.396 e. The second-order valence-electron chi connectivity index (χ2n) is 4.04. The van der Waals surface area contributed by atoms with Crippen LogP contribution in [0.15, 0.2) is 24.4 Å². The minimum atomic E-state index is -0.478. The summed E-state index contributed by atoms with van der Waals surface area (Å²) in [4.78, 5) is 12.1. The maximum Gasteiger partial charge on any atom is 0.278 e. The summed E-state index contributed by atoms with van der Waals surface area (Å²) < 4.78 is 1.56. The third kappa shape index (κ3) is 2.73. The molecule has 0 radical (unpaired) electrons. The summed E-state index contributed by atoms with van der Waals surface area (Å²) in [5.74, 6) is -0.478. The van der Waals surface area contributed by atoms with Gasteiger partial charge in [-0.25, -0.2) is 0 Å². The Balaban J connectivity index is 2.30. The van der Waals surface area contributed by atoms with Crippen LogP contribution in [0.4, 0.5) is 11.4 Å². The first-order chi connectivity index (χ1) is 9.55. The van der Waals surface area contributed by atoms with Gasteiger partial charge in [-0.1, -0.05) is 11.6 Å². The minimum absolute atomic E-state index is 0.121. The van der Waals surface area contributed by atoms with Gasteiger partial charge in [-0.3, -0.25) is 9.48 Å². The summed E-state index contributed by atoms with van der Waals surface area (Å²) in [5.41, 5.74) is 6.79. The number of nitrogens with one attached hydrogen (secondary N) is 1. The average Bonchev–Trinajstić information content (AvgIpc) is 2.80. The van der Waals surface area contributed by atoms with Crippen LogP contribution in [-0.2, 0) is 6.54 Å². The fourth-order valence-corrected chi connectivity index (χ4v) is 1.85. The molecule has 2 rings (SSSR count). The van der Waals surface area contributed by atoms with Crippen LogP contribution in [-0.4, -0.2) is 15.7 Å². The molecule has 3 N–H and O–H groups in total. The number of carbonyl (C=O) groups is 1.